The standard InChI is InChI=1S/C14H15ClN2O2/c1-8(2)6-17-14(19)13(18)11-7-16-12-5-9(15)3-4-10(11)12/h3-5,7-8,16H,6H2,1-2H3,(H,17,19). The van der Waals surface area contributed by atoms with Crippen molar-refractivity contribution in [1.82, 2.24) is 10.3 Å². The maximum absolute atomic E-state index is 12.1. The molecule has 0 unspecified atom stereocenters. The number of Topliss-reactive ketones (excluding diaryl/α,β-unsaturated/α-hetero) is 1. The minimum atomic E-state index is -0.579. The number of carbonyl (C=O) groups excluding carboxylic acids is 2. The van der Waals surface area contributed by atoms with Crippen molar-refractivity contribution in [1.29, 1.82) is 0 Å². The molecular formula is C14H15ClN2O2. The number of benzene rings is 1. The number of hydrogen-bond donors (Lipinski definition) is 2. The Hall–Kier alpha value is -1.81. The summed E-state index contributed by atoms with van der Waals surface area (Å²) in [5.74, 6) is -0.808. The molecule has 1 heterocycles. The predicted octanol–water partition coefficient (Wildman–Crippen LogP) is 2.78. The zero-order valence-electron chi connectivity index (χ0n) is 10.8. The Morgan fingerprint density at radius 1 is 1.37 bits per heavy atom. The Labute approximate surface area is 116 Å². The Morgan fingerprint density at radius 2 is 2.11 bits per heavy atom. The highest BCUT2D eigenvalue weighted by Crippen LogP contribution is 2.22. The molecule has 0 atom stereocenters. The van der Waals surface area contributed by atoms with Crippen molar-refractivity contribution < 1.29 is 9.59 Å². The van der Waals surface area contributed by atoms with Gasteiger partial charge in [-0.15, -0.1) is 0 Å². The number of aromatic amines is 1. The number of amides is 1. The summed E-state index contributed by atoms with van der Waals surface area (Å²) in [4.78, 5) is 26.8. The lowest BCUT2D eigenvalue weighted by Gasteiger charge is -2.06. The van der Waals surface area contributed by atoms with Crippen LogP contribution in [0.25, 0.3) is 10.9 Å². The van der Waals surface area contributed by atoms with Crippen LogP contribution in [0.2, 0.25) is 5.02 Å². The highest BCUT2D eigenvalue weighted by molar-refractivity contribution is 6.45. The van der Waals surface area contributed by atoms with Crippen LogP contribution in [0.5, 0.6) is 0 Å². The summed E-state index contributed by atoms with van der Waals surface area (Å²) in [6.45, 7) is 4.43. The molecule has 0 saturated heterocycles. The highest BCUT2D eigenvalue weighted by atomic mass is 35.5. The molecule has 19 heavy (non-hydrogen) atoms. The van der Waals surface area contributed by atoms with E-state index >= 15 is 0 Å². The van der Waals surface area contributed by atoms with Crippen LogP contribution in [0.3, 0.4) is 0 Å². The molecule has 2 N–H and O–H groups in total. The number of carbonyl (C=O) groups is 2. The first-order chi connectivity index (χ1) is 8.99. The fourth-order valence-corrected chi connectivity index (χ4v) is 1.96. The molecule has 1 aromatic heterocycles. The number of aromatic nitrogens is 1. The minimum absolute atomic E-state index is 0.304. The van der Waals surface area contributed by atoms with E-state index in [1.807, 2.05) is 13.8 Å². The van der Waals surface area contributed by atoms with Crippen LogP contribution in [0.1, 0.15) is 24.2 Å². The van der Waals surface area contributed by atoms with Gasteiger partial charge in [-0.2, -0.15) is 0 Å². The fourth-order valence-electron chi connectivity index (χ4n) is 1.79. The molecule has 0 saturated carbocycles. The molecule has 0 aliphatic heterocycles. The fraction of sp³-hybridized carbons (Fsp3) is 0.286. The van der Waals surface area contributed by atoms with Gasteiger partial charge in [-0.1, -0.05) is 31.5 Å². The number of ketones is 1. The third-order valence-electron chi connectivity index (χ3n) is 2.77. The van der Waals surface area contributed by atoms with Crippen molar-refractivity contribution in [3.05, 3.63) is 35.0 Å². The van der Waals surface area contributed by atoms with E-state index in [0.717, 1.165) is 5.52 Å². The summed E-state index contributed by atoms with van der Waals surface area (Å²) in [5, 5.41) is 3.90. The molecule has 2 aromatic rings. The Morgan fingerprint density at radius 3 is 2.79 bits per heavy atom. The Bertz CT molecular complexity index is 631. The molecule has 2 rings (SSSR count). The predicted molar refractivity (Wildman–Crippen MR) is 75.5 cm³/mol. The molecule has 100 valence electrons. The largest absolute Gasteiger partial charge is 0.360 e. The first kappa shape index (κ1) is 13.6. The van der Waals surface area contributed by atoms with Crippen LogP contribution >= 0.6 is 11.6 Å². The van der Waals surface area contributed by atoms with Gasteiger partial charge in [-0.05, 0) is 18.1 Å². The molecule has 0 fully saturated rings. The van der Waals surface area contributed by atoms with Crippen molar-refractivity contribution >= 4 is 34.2 Å². The van der Waals surface area contributed by atoms with Gasteiger partial charge in [0.15, 0.2) is 0 Å². The normalized spacial score (nSPS) is 10.9. The second-order valence-corrected chi connectivity index (χ2v) is 5.26. The van der Waals surface area contributed by atoms with Crippen LogP contribution in [0, 0.1) is 5.92 Å². The van der Waals surface area contributed by atoms with Crippen molar-refractivity contribution in [3.8, 4) is 0 Å². The summed E-state index contributed by atoms with van der Waals surface area (Å²) in [6, 6.07) is 5.15. The van der Waals surface area contributed by atoms with E-state index < -0.39 is 11.7 Å². The second kappa shape index (κ2) is 5.45. The van der Waals surface area contributed by atoms with Gasteiger partial charge in [-0.25, -0.2) is 0 Å². The molecule has 1 aromatic carbocycles. The van der Waals surface area contributed by atoms with Crippen molar-refractivity contribution in [3.63, 3.8) is 0 Å². The van der Waals surface area contributed by atoms with Gasteiger partial charge in [-0.3, -0.25) is 9.59 Å². The van der Waals surface area contributed by atoms with E-state index in [-0.39, 0.29) is 0 Å². The summed E-state index contributed by atoms with van der Waals surface area (Å²) < 4.78 is 0. The quantitative estimate of drug-likeness (QED) is 0.667. The maximum Gasteiger partial charge on any atom is 0.292 e. The van der Waals surface area contributed by atoms with Crippen LogP contribution in [-0.4, -0.2) is 23.2 Å². The van der Waals surface area contributed by atoms with E-state index in [1.54, 1.807) is 18.2 Å². The summed E-state index contributed by atoms with van der Waals surface area (Å²) in [6.07, 6.45) is 1.54. The molecule has 0 bridgehead atoms. The van der Waals surface area contributed by atoms with Gasteiger partial charge < -0.3 is 10.3 Å². The summed E-state index contributed by atoms with van der Waals surface area (Å²) in [5.41, 5.74) is 1.11. The van der Waals surface area contributed by atoms with Gasteiger partial charge in [0, 0.05) is 28.7 Å². The zero-order chi connectivity index (χ0) is 14.0. The lowest BCUT2D eigenvalue weighted by molar-refractivity contribution is -0.117. The third kappa shape index (κ3) is 2.96. The number of rotatable bonds is 4. The van der Waals surface area contributed by atoms with E-state index in [1.165, 1.54) is 6.20 Å². The first-order valence-corrected chi connectivity index (χ1v) is 6.46. The average Bonchev–Trinajstić information content (AvgIpc) is 2.77. The molecule has 0 aliphatic rings. The number of fused-ring (bicyclic) bond motifs is 1. The van der Waals surface area contributed by atoms with Gasteiger partial charge in [0.05, 0.1) is 5.56 Å². The zero-order valence-corrected chi connectivity index (χ0v) is 11.5. The van der Waals surface area contributed by atoms with Crippen LogP contribution in [0.15, 0.2) is 24.4 Å². The number of nitrogens with one attached hydrogen (secondary N) is 2. The van der Waals surface area contributed by atoms with E-state index in [2.05, 4.69) is 10.3 Å². The molecule has 0 aliphatic carbocycles. The molecule has 4 nitrogen and oxygen atoms in total. The Balaban J connectivity index is 2.24. The smallest absolute Gasteiger partial charge is 0.292 e. The van der Waals surface area contributed by atoms with Crippen LogP contribution in [-0.2, 0) is 4.79 Å². The SMILES string of the molecule is CC(C)CNC(=O)C(=O)c1c[nH]c2cc(Cl)ccc12. The van der Waals surface area contributed by atoms with Gasteiger partial charge >= 0.3 is 0 Å². The third-order valence-corrected chi connectivity index (χ3v) is 3.00. The highest BCUT2D eigenvalue weighted by Gasteiger charge is 2.19. The van der Waals surface area contributed by atoms with E-state index in [0.29, 0.717) is 28.4 Å². The van der Waals surface area contributed by atoms with Crippen molar-refractivity contribution in [2.45, 2.75) is 13.8 Å². The topological polar surface area (TPSA) is 62.0 Å². The van der Waals surface area contributed by atoms with Gasteiger partial charge in [0.1, 0.15) is 0 Å². The van der Waals surface area contributed by atoms with Crippen LogP contribution < -0.4 is 5.32 Å². The summed E-state index contributed by atoms with van der Waals surface area (Å²) >= 11 is 5.87. The number of H-pyrrole nitrogens is 1. The molecular weight excluding hydrogens is 264 g/mol. The molecule has 1 amide bonds. The minimum Gasteiger partial charge on any atom is -0.360 e. The number of halogens is 1. The van der Waals surface area contributed by atoms with Gasteiger partial charge in [0.25, 0.3) is 11.7 Å². The van der Waals surface area contributed by atoms with Gasteiger partial charge in [0.2, 0.25) is 0 Å². The second-order valence-electron chi connectivity index (χ2n) is 4.83. The van der Waals surface area contributed by atoms with E-state index in [9.17, 15) is 9.59 Å². The van der Waals surface area contributed by atoms with E-state index in [4.69, 9.17) is 11.6 Å². The lowest BCUT2D eigenvalue weighted by atomic mass is 10.1. The summed E-state index contributed by atoms with van der Waals surface area (Å²) in [7, 11) is 0. The maximum atomic E-state index is 12.1. The average molecular weight is 279 g/mol. The number of hydrogen-bond acceptors (Lipinski definition) is 2. The first-order valence-electron chi connectivity index (χ1n) is 6.08. The lowest BCUT2D eigenvalue weighted by Crippen LogP contribution is -2.33. The molecule has 5 heteroatoms. The molecule has 0 spiro atoms. The molecule has 0 radical (unpaired) electrons. The van der Waals surface area contributed by atoms with Crippen molar-refractivity contribution in [2.24, 2.45) is 5.92 Å². The monoisotopic (exact) mass is 278 g/mol. The van der Waals surface area contributed by atoms with Crippen LogP contribution in [0.4, 0.5) is 0 Å². The Kier molecular flexibility index (Phi) is 3.90. The van der Waals surface area contributed by atoms with Crippen molar-refractivity contribution in [2.75, 3.05) is 6.54 Å².